The monoisotopic (exact) mass is 358 g/mol. The Morgan fingerprint density at radius 3 is 1.83 bits per heavy atom. The average molecular weight is 359 g/mol. The minimum Gasteiger partial charge on any atom is -0.481 e. The summed E-state index contributed by atoms with van der Waals surface area (Å²) < 4.78 is 6.34. The second-order valence-electron chi connectivity index (χ2n) is 8.72. The van der Waals surface area contributed by atoms with Crippen molar-refractivity contribution in [1.82, 2.24) is 0 Å². The lowest BCUT2D eigenvalue weighted by molar-refractivity contribution is -0.139. The number of hydrogen-bond donors (Lipinski definition) is 1. The maximum atomic E-state index is 11.1. The normalized spacial score (nSPS) is 13.9. The summed E-state index contributed by atoms with van der Waals surface area (Å²) in [5.74, 6) is -0.741. The van der Waals surface area contributed by atoms with Crippen LogP contribution in [0.2, 0.25) is 18.1 Å². The second kappa shape index (κ2) is 12.1. The summed E-state index contributed by atoms with van der Waals surface area (Å²) in [6.07, 6.45) is 12.5. The molecule has 0 aromatic carbocycles. The van der Waals surface area contributed by atoms with Crippen molar-refractivity contribution >= 4 is 14.3 Å². The number of rotatable bonds is 14. The van der Waals surface area contributed by atoms with E-state index in [9.17, 15) is 4.79 Å². The molecule has 24 heavy (non-hydrogen) atoms. The molecule has 4 heteroatoms. The van der Waals surface area contributed by atoms with E-state index in [2.05, 4.69) is 40.8 Å². The van der Waals surface area contributed by atoms with Gasteiger partial charge >= 0.3 is 5.97 Å². The van der Waals surface area contributed by atoms with E-state index >= 15 is 0 Å². The fourth-order valence-electron chi connectivity index (χ4n) is 2.67. The molecule has 0 heterocycles. The van der Waals surface area contributed by atoms with Gasteiger partial charge in [0.25, 0.3) is 0 Å². The zero-order valence-corrected chi connectivity index (χ0v) is 18.1. The first-order valence-corrected chi connectivity index (χ1v) is 12.9. The first-order valence-electron chi connectivity index (χ1n) is 9.99. The Bertz CT molecular complexity index is 334. The van der Waals surface area contributed by atoms with Gasteiger partial charge in [0.15, 0.2) is 8.32 Å². The highest BCUT2D eigenvalue weighted by molar-refractivity contribution is 6.74. The average Bonchev–Trinajstić information content (AvgIpc) is 2.43. The predicted molar refractivity (Wildman–Crippen MR) is 106 cm³/mol. The third-order valence-corrected chi connectivity index (χ3v) is 9.83. The minimum absolute atomic E-state index is 0.118. The fourth-order valence-corrected chi connectivity index (χ4v) is 4.06. The zero-order valence-electron chi connectivity index (χ0n) is 17.1. The molecule has 0 aromatic rings. The Morgan fingerprint density at radius 2 is 1.42 bits per heavy atom. The van der Waals surface area contributed by atoms with Crippen molar-refractivity contribution in [1.29, 1.82) is 0 Å². The molecular formula is C20H42O3Si. The van der Waals surface area contributed by atoms with Crippen LogP contribution >= 0.6 is 0 Å². The van der Waals surface area contributed by atoms with Gasteiger partial charge in [0.2, 0.25) is 0 Å². The van der Waals surface area contributed by atoms with Crippen LogP contribution in [0, 0.1) is 0 Å². The first-order chi connectivity index (χ1) is 11.1. The Balaban J connectivity index is 4.07. The van der Waals surface area contributed by atoms with Gasteiger partial charge < -0.3 is 9.53 Å². The molecule has 0 rings (SSSR count). The van der Waals surface area contributed by atoms with Crippen molar-refractivity contribution in [3.8, 4) is 0 Å². The highest BCUT2D eigenvalue weighted by Crippen LogP contribution is 2.38. The highest BCUT2D eigenvalue weighted by Gasteiger charge is 2.39. The summed E-state index contributed by atoms with van der Waals surface area (Å²) in [6.45, 7) is 13.3. The van der Waals surface area contributed by atoms with Crippen LogP contribution in [-0.4, -0.2) is 25.5 Å². The maximum absolute atomic E-state index is 11.1. The van der Waals surface area contributed by atoms with Crippen LogP contribution in [0.3, 0.4) is 0 Å². The molecule has 0 bridgehead atoms. The van der Waals surface area contributed by atoms with Gasteiger partial charge in [0, 0.05) is 0 Å². The lowest BCUT2D eigenvalue weighted by Crippen LogP contribution is -2.44. The van der Waals surface area contributed by atoms with Crippen LogP contribution in [0.4, 0.5) is 0 Å². The molecule has 0 saturated heterocycles. The molecule has 0 radical (unpaired) electrons. The van der Waals surface area contributed by atoms with Gasteiger partial charge in [0.1, 0.15) is 0 Å². The van der Waals surface area contributed by atoms with Gasteiger partial charge in [0.05, 0.1) is 12.5 Å². The van der Waals surface area contributed by atoms with Gasteiger partial charge in [-0.05, 0) is 24.6 Å². The molecule has 0 unspecified atom stereocenters. The molecule has 0 saturated carbocycles. The molecule has 0 aromatic heterocycles. The SMILES string of the molecule is CCCCCCCCCCC[C@H](CC(=O)O)O[Si](C)(C)C(C)(C)C. The smallest absolute Gasteiger partial charge is 0.305 e. The quantitative estimate of drug-likeness (QED) is 0.275. The molecule has 1 N–H and O–H groups in total. The molecule has 0 aliphatic carbocycles. The molecular weight excluding hydrogens is 316 g/mol. The number of carbonyl (C=O) groups is 1. The van der Waals surface area contributed by atoms with Crippen molar-refractivity contribution in [2.75, 3.05) is 0 Å². The standard InChI is InChI=1S/C20H42O3Si/c1-7-8-9-10-11-12-13-14-15-16-18(17-19(21)22)23-24(5,6)20(2,3)4/h18H,7-17H2,1-6H3,(H,21,22)/t18-/m1/s1. The summed E-state index contributed by atoms with van der Waals surface area (Å²) in [5.41, 5.74) is 0. The van der Waals surface area contributed by atoms with Gasteiger partial charge in [-0.3, -0.25) is 4.79 Å². The van der Waals surface area contributed by atoms with E-state index in [0.717, 1.165) is 12.8 Å². The maximum Gasteiger partial charge on any atom is 0.305 e. The van der Waals surface area contributed by atoms with Crippen LogP contribution in [0.5, 0.6) is 0 Å². The van der Waals surface area contributed by atoms with E-state index in [-0.39, 0.29) is 17.6 Å². The Morgan fingerprint density at radius 1 is 0.958 bits per heavy atom. The highest BCUT2D eigenvalue weighted by atomic mass is 28.4. The van der Waals surface area contributed by atoms with E-state index < -0.39 is 14.3 Å². The van der Waals surface area contributed by atoms with Crippen LogP contribution in [0.25, 0.3) is 0 Å². The van der Waals surface area contributed by atoms with E-state index in [4.69, 9.17) is 9.53 Å². The van der Waals surface area contributed by atoms with Crippen molar-refractivity contribution in [2.24, 2.45) is 0 Å². The van der Waals surface area contributed by atoms with E-state index in [1.165, 1.54) is 51.4 Å². The zero-order chi connectivity index (χ0) is 18.6. The Labute approximate surface area is 151 Å². The molecule has 0 fully saturated rings. The summed E-state index contributed by atoms with van der Waals surface area (Å²) in [4.78, 5) is 11.1. The number of carboxylic acid groups (broad SMARTS) is 1. The number of hydrogen-bond acceptors (Lipinski definition) is 2. The lowest BCUT2D eigenvalue weighted by Gasteiger charge is -2.39. The molecule has 0 aliphatic rings. The number of aliphatic carboxylic acids is 1. The van der Waals surface area contributed by atoms with Crippen molar-refractivity contribution in [3.05, 3.63) is 0 Å². The van der Waals surface area contributed by atoms with Crippen molar-refractivity contribution < 1.29 is 14.3 Å². The predicted octanol–water partition coefficient (Wildman–Crippen LogP) is 6.77. The number of unbranched alkanes of at least 4 members (excludes halogenated alkanes) is 8. The Kier molecular flexibility index (Phi) is 11.9. The molecule has 3 nitrogen and oxygen atoms in total. The third kappa shape index (κ3) is 11.2. The summed E-state index contributed by atoms with van der Waals surface area (Å²) in [6, 6.07) is 0. The van der Waals surface area contributed by atoms with Gasteiger partial charge in [-0.25, -0.2) is 0 Å². The second-order valence-corrected chi connectivity index (χ2v) is 13.5. The summed E-state index contributed by atoms with van der Waals surface area (Å²) in [5, 5.41) is 9.29. The summed E-state index contributed by atoms with van der Waals surface area (Å²) >= 11 is 0. The van der Waals surface area contributed by atoms with E-state index in [1.807, 2.05) is 0 Å². The van der Waals surface area contributed by atoms with Gasteiger partial charge in [-0.15, -0.1) is 0 Å². The summed E-state index contributed by atoms with van der Waals surface area (Å²) in [7, 11) is -1.89. The molecule has 1 atom stereocenters. The van der Waals surface area contributed by atoms with Crippen LogP contribution in [0.15, 0.2) is 0 Å². The van der Waals surface area contributed by atoms with Gasteiger partial charge in [-0.2, -0.15) is 0 Å². The molecule has 144 valence electrons. The molecule has 0 spiro atoms. The first kappa shape index (κ1) is 23.6. The lowest BCUT2D eigenvalue weighted by atomic mass is 10.0. The minimum atomic E-state index is -1.89. The largest absolute Gasteiger partial charge is 0.481 e. The topological polar surface area (TPSA) is 46.5 Å². The van der Waals surface area contributed by atoms with Crippen LogP contribution in [0.1, 0.15) is 98.3 Å². The molecule has 0 amide bonds. The van der Waals surface area contributed by atoms with Crippen LogP contribution < -0.4 is 0 Å². The van der Waals surface area contributed by atoms with E-state index in [0.29, 0.717) is 0 Å². The fraction of sp³-hybridized carbons (Fsp3) is 0.950. The Hall–Kier alpha value is -0.353. The van der Waals surface area contributed by atoms with Crippen molar-refractivity contribution in [3.63, 3.8) is 0 Å². The number of carboxylic acids is 1. The van der Waals surface area contributed by atoms with Gasteiger partial charge in [-0.1, -0.05) is 85.5 Å². The van der Waals surface area contributed by atoms with Crippen molar-refractivity contribution in [2.45, 2.75) is 123 Å². The molecule has 0 aliphatic heterocycles. The third-order valence-electron chi connectivity index (χ3n) is 5.30. The van der Waals surface area contributed by atoms with E-state index in [1.54, 1.807) is 0 Å². The van der Waals surface area contributed by atoms with Crippen LogP contribution in [-0.2, 0) is 9.22 Å².